The van der Waals surface area contributed by atoms with Crippen molar-refractivity contribution in [2.45, 2.75) is 26.7 Å². The summed E-state index contributed by atoms with van der Waals surface area (Å²) >= 11 is 7.86. The Hall–Kier alpha value is -2.38. The van der Waals surface area contributed by atoms with Gasteiger partial charge < -0.3 is 15.0 Å². The van der Waals surface area contributed by atoms with Gasteiger partial charge in [-0.05, 0) is 50.5 Å². The van der Waals surface area contributed by atoms with E-state index in [0.717, 1.165) is 42.0 Å². The van der Waals surface area contributed by atoms with Crippen LogP contribution in [-0.4, -0.2) is 36.1 Å². The van der Waals surface area contributed by atoms with E-state index >= 15 is 0 Å². The average molecular weight is 431 g/mol. The maximum Gasteiger partial charge on any atom is 0.227 e. The molecule has 0 spiro atoms. The Kier molecular flexibility index (Phi) is 5.61. The van der Waals surface area contributed by atoms with Crippen LogP contribution in [0.5, 0.6) is 5.75 Å². The predicted molar refractivity (Wildman–Crippen MR) is 118 cm³/mol. The van der Waals surface area contributed by atoms with E-state index in [9.17, 15) is 4.79 Å². The highest BCUT2D eigenvalue weighted by molar-refractivity contribution is 7.18. The van der Waals surface area contributed by atoms with E-state index in [1.54, 1.807) is 43.0 Å². The molecule has 29 heavy (non-hydrogen) atoms. The standard InChI is InChI=1S/C21H23ClN4O2S/c1-12-13(2)29-21-18(12)19(23-11-24-21)26-8-6-14(7-9-26)20(27)25-15-4-5-17(28-3)16(22)10-15/h4-5,10-11,14H,6-9H2,1-3H3,(H,25,27). The first-order chi connectivity index (χ1) is 14.0. The number of carbonyl (C=O) groups is 1. The first kappa shape index (κ1) is 19.9. The minimum absolute atomic E-state index is 0.0290. The number of benzene rings is 1. The summed E-state index contributed by atoms with van der Waals surface area (Å²) in [4.78, 5) is 26.3. The number of hydrogen-bond acceptors (Lipinski definition) is 6. The second-order valence-electron chi connectivity index (χ2n) is 7.26. The van der Waals surface area contributed by atoms with Crippen molar-refractivity contribution in [3.05, 3.63) is 40.0 Å². The van der Waals surface area contributed by atoms with E-state index in [4.69, 9.17) is 16.3 Å². The number of nitrogens with zero attached hydrogens (tertiary/aromatic N) is 3. The monoisotopic (exact) mass is 430 g/mol. The molecular weight excluding hydrogens is 408 g/mol. The number of anilines is 2. The van der Waals surface area contributed by atoms with Crippen LogP contribution >= 0.6 is 22.9 Å². The molecule has 0 atom stereocenters. The molecule has 1 aliphatic heterocycles. The van der Waals surface area contributed by atoms with E-state index in [1.807, 2.05) is 0 Å². The van der Waals surface area contributed by atoms with Gasteiger partial charge in [-0.2, -0.15) is 0 Å². The van der Waals surface area contributed by atoms with Gasteiger partial charge in [0, 0.05) is 29.6 Å². The Morgan fingerprint density at radius 1 is 1.28 bits per heavy atom. The number of aromatic nitrogens is 2. The number of carbonyl (C=O) groups excluding carboxylic acids is 1. The van der Waals surface area contributed by atoms with E-state index in [0.29, 0.717) is 16.5 Å². The maximum atomic E-state index is 12.7. The normalized spacial score (nSPS) is 15.0. The summed E-state index contributed by atoms with van der Waals surface area (Å²) in [5.74, 6) is 1.57. The van der Waals surface area contributed by atoms with Crippen molar-refractivity contribution in [1.29, 1.82) is 0 Å². The van der Waals surface area contributed by atoms with Gasteiger partial charge in [0.25, 0.3) is 0 Å². The largest absolute Gasteiger partial charge is 0.495 e. The van der Waals surface area contributed by atoms with Crippen LogP contribution in [0.1, 0.15) is 23.3 Å². The van der Waals surface area contributed by atoms with Crippen LogP contribution in [0.15, 0.2) is 24.5 Å². The minimum Gasteiger partial charge on any atom is -0.495 e. The molecule has 0 aliphatic carbocycles. The summed E-state index contributed by atoms with van der Waals surface area (Å²) in [5.41, 5.74) is 1.93. The Morgan fingerprint density at radius 3 is 2.72 bits per heavy atom. The van der Waals surface area contributed by atoms with Crippen LogP contribution in [-0.2, 0) is 4.79 Å². The van der Waals surface area contributed by atoms with Crippen LogP contribution in [0.3, 0.4) is 0 Å². The third kappa shape index (κ3) is 3.89. The predicted octanol–water partition coefficient (Wildman–Crippen LogP) is 4.83. The Labute approximate surface area is 178 Å². The lowest BCUT2D eigenvalue weighted by Crippen LogP contribution is -2.38. The van der Waals surface area contributed by atoms with E-state index in [1.165, 1.54) is 10.4 Å². The van der Waals surface area contributed by atoms with Crippen LogP contribution in [0.2, 0.25) is 5.02 Å². The topological polar surface area (TPSA) is 67.3 Å². The van der Waals surface area contributed by atoms with Crippen molar-refractivity contribution in [2.75, 3.05) is 30.4 Å². The number of nitrogens with one attached hydrogen (secondary N) is 1. The number of amides is 1. The fraction of sp³-hybridized carbons (Fsp3) is 0.381. The molecule has 0 radical (unpaired) electrons. The zero-order chi connectivity index (χ0) is 20.5. The van der Waals surface area contributed by atoms with Crippen LogP contribution in [0.25, 0.3) is 10.2 Å². The fourth-order valence-corrected chi connectivity index (χ4v) is 4.99. The summed E-state index contributed by atoms with van der Waals surface area (Å²) in [7, 11) is 1.57. The van der Waals surface area contributed by atoms with Gasteiger partial charge in [0.15, 0.2) is 0 Å². The molecule has 2 aromatic heterocycles. The fourth-order valence-electron chi connectivity index (χ4n) is 3.75. The smallest absolute Gasteiger partial charge is 0.227 e. The van der Waals surface area contributed by atoms with Crippen LogP contribution in [0.4, 0.5) is 11.5 Å². The Balaban J connectivity index is 1.43. The zero-order valence-electron chi connectivity index (χ0n) is 16.7. The highest BCUT2D eigenvalue weighted by atomic mass is 35.5. The molecule has 6 nitrogen and oxygen atoms in total. The van der Waals surface area contributed by atoms with Gasteiger partial charge >= 0.3 is 0 Å². The average Bonchev–Trinajstić information content (AvgIpc) is 3.02. The zero-order valence-corrected chi connectivity index (χ0v) is 18.2. The number of methoxy groups -OCH3 is 1. The molecule has 3 aromatic rings. The third-order valence-electron chi connectivity index (χ3n) is 5.53. The first-order valence-corrected chi connectivity index (χ1v) is 10.8. The molecule has 1 saturated heterocycles. The third-order valence-corrected chi connectivity index (χ3v) is 6.94. The van der Waals surface area contributed by atoms with Crippen LogP contribution < -0.4 is 15.0 Å². The van der Waals surface area contributed by atoms with Gasteiger partial charge in [0.2, 0.25) is 5.91 Å². The van der Waals surface area contributed by atoms with E-state index in [2.05, 4.69) is 34.0 Å². The van der Waals surface area contributed by atoms with Crippen molar-refractivity contribution in [1.82, 2.24) is 9.97 Å². The van der Waals surface area contributed by atoms with Crippen molar-refractivity contribution in [3.63, 3.8) is 0 Å². The molecule has 1 N–H and O–H groups in total. The molecule has 4 rings (SSSR count). The van der Waals surface area contributed by atoms with Crippen molar-refractivity contribution in [3.8, 4) is 5.75 Å². The number of piperidine rings is 1. The second kappa shape index (κ2) is 8.16. The molecule has 1 fully saturated rings. The molecule has 1 aliphatic rings. The molecule has 0 bridgehead atoms. The summed E-state index contributed by atoms with van der Waals surface area (Å²) in [6.45, 7) is 5.83. The number of aryl methyl sites for hydroxylation is 2. The molecule has 0 unspecified atom stereocenters. The number of hydrogen-bond donors (Lipinski definition) is 1. The van der Waals surface area contributed by atoms with Gasteiger partial charge in [-0.15, -0.1) is 11.3 Å². The molecule has 152 valence electrons. The molecule has 0 saturated carbocycles. The minimum atomic E-state index is -0.0326. The number of rotatable bonds is 4. The lowest BCUT2D eigenvalue weighted by molar-refractivity contribution is -0.120. The molecule has 1 aromatic carbocycles. The number of halogens is 1. The maximum absolute atomic E-state index is 12.7. The summed E-state index contributed by atoms with van der Waals surface area (Å²) in [6.07, 6.45) is 3.20. The molecule has 8 heteroatoms. The van der Waals surface area contributed by atoms with Gasteiger partial charge in [-0.3, -0.25) is 4.79 Å². The highest BCUT2D eigenvalue weighted by Crippen LogP contribution is 2.36. The van der Waals surface area contributed by atoms with Gasteiger partial charge in [0.1, 0.15) is 22.7 Å². The summed E-state index contributed by atoms with van der Waals surface area (Å²) < 4.78 is 5.16. The SMILES string of the molecule is COc1ccc(NC(=O)C2CCN(c3ncnc4sc(C)c(C)c34)CC2)cc1Cl. The van der Waals surface area contributed by atoms with Gasteiger partial charge in [0.05, 0.1) is 17.5 Å². The Bertz CT molecular complexity index is 1060. The lowest BCUT2D eigenvalue weighted by Gasteiger charge is -2.32. The number of fused-ring (bicyclic) bond motifs is 1. The van der Waals surface area contributed by atoms with Crippen molar-refractivity contribution in [2.24, 2.45) is 5.92 Å². The van der Waals surface area contributed by atoms with Crippen molar-refractivity contribution >= 4 is 50.6 Å². The number of ether oxygens (including phenoxy) is 1. The van der Waals surface area contributed by atoms with Gasteiger partial charge in [-0.1, -0.05) is 11.6 Å². The first-order valence-electron chi connectivity index (χ1n) is 9.58. The summed E-state index contributed by atoms with van der Waals surface area (Å²) in [6, 6.07) is 5.27. The Morgan fingerprint density at radius 2 is 2.03 bits per heavy atom. The van der Waals surface area contributed by atoms with Gasteiger partial charge in [-0.25, -0.2) is 9.97 Å². The van der Waals surface area contributed by atoms with E-state index in [-0.39, 0.29) is 11.8 Å². The lowest BCUT2D eigenvalue weighted by atomic mass is 9.95. The molecule has 3 heterocycles. The highest BCUT2D eigenvalue weighted by Gasteiger charge is 2.27. The second-order valence-corrected chi connectivity index (χ2v) is 8.87. The quantitative estimate of drug-likeness (QED) is 0.642. The summed E-state index contributed by atoms with van der Waals surface area (Å²) in [5, 5.41) is 4.60. The van der Waals surface area contributed by atoms with Crippen molar-refractivity contribution < 1.29 is 9.53 Å². The van der Waals surface area contributed by atoms with Crippen LogP contribution in [0, 0.1) is 19.8 Å². The molecule has 1 amide bonds. The van der Waals surface area contributed by atoms with E-state index < -0.39 is 0 Å². The molecular formula is C21H23ClN4O2S. The number of thiophene rings is 1.